The molecule has 0 saturated carbocycles. The molecule has 1 aromatic heterocycles. The molecule has 2 aromatic rings. The highest BCUT2D eigenvalue weighted by Crippen LogP contribution is 2.18. The van der Waals surface area contributed by atoms with Gasteiger partial charge >= 0.3 is 0 Å². The number of rotatable bonds is 4. The minimum Gasteiger partial charge on any atom is -0.497 e. The monoisotopic (exact) mass is 369 g/mol. The van der Waals surface area contributed by atoms with E-state index in [-0.39, 0.29) is 11.8 Å². The van der Waals surface area contributed by atoms with Crippen LogP contribution in [0.3, 0.4) is 0 Å². The van der Waals surface area contributed by atoms with E-state index >= 15 is 0 Å². The molecule has 1 aromatic carbocycles. The Morgan fingerprint density at radius 3 is 2.30 bits per heavy atom. The van der Waals surface area contributed by atoms with Crippen molar-refractivity contribution >= 4 is 11.8 Å². The third kappa shape index (κ3) is 3.99. The number of aromatic nitrogens is 1. The molecule has 0 radical (unpaired) electrons. The molecular weight excluding hydrogens is 342 g/mol. The maximum atomic E-state index is 12.8. The van der Waals surface area contributed by atoms with Gasteiger partial charge in [0.15, 0.2) is 0 Å². The fourth-order valence-corrected chi connectivity index (χ4v) is 3.47. The lowest BCUT2D eigenvalue weighted by atomic mass is 10.1. The molecule has 1 saturated heterocycles. The van der Waals surface area contributed by atoms with Crippen LogP contribution in [0.4, 0.5) is 0 Å². The van der Waals surface area contributed by atoms with E-state index in [1.54, 1.807) is 7.11 Å². The van der Waals surface area contributed by atoms with Gasteiger partial charge in [0, 0.05) is 44.6 Å². The molecule has 2 amide bonds. The van der Waals surface area contributed by atoms with Crippen LogP contribution in [-0.2, 0) is 18.3 Å². The summed E-state index contributed by atoms with van der Waals surface area (Å²) in [6, 6.07) is 9.52. The molecule has 6 heteroatoms. The molecule has 2 heterocycles. The molecule has 1 aliphatic heterocycles. The fourth-order valence-electron chi connectivity index (χ4n) is 3.47. The summed E-state index contributed by atoms with van der Waals surface area (Å²) in [4.78, 5) is 29.1. The third-order valence-electron chi connectivity index (χ3n) is 5.41. The summed E-state index contributed by atoms with van der Waals surface area (Å²) in [6.45, 7) is 6.23. The van der Waals surface area contributed by atoms with Crippen LogP contribution in [0.2, 0.25) is 0 Å². The molecular formula is C21H27N3O3. The number of methoxy groups -OCH3 is 1. The molecule has 0 unspecified atom stereocenters. The Balaban J connectivity index is 1.58. The number of piperazine rings is 1. The van der Waals surface area contributed by atoms with Crippen molar-refractivity contribution in [1.82, 2.24) is 14.4 Å². The quantitative estimate of drug-likeness (QED) is 0.830. The topological polar surface area (TPSA) is 54.8 Å². The van der Waals surface area contributed by atoms with Gasteiger partial charge in [-0.05, 0) is 37.6 Å². The van der Waals surface area contributed by atoms with Crippen molar-refractivity contribution in [3.63, 3.8) is 0 Å². The average Bonchev–Trinajstić information content (AvgIpc) is 2.95. The molecule has 3 rings (SSSR count). The first-order valence-electron chi connectivity index (χ1n) is 9.23. The number of hydrogen-bond acceptors (Lipinski definition) is 3. The number of ether oxygens (including phenoxy) is 1. The zero-order valence-corrected chi connectivity index (χ0v) is 16.5. The summed E-state index contributed by atoms with van der Waals surface area (Å²) >= 11 is 0. The lowest BCUT2D eigenvalue weighted by Gasteiger charge is -2.35. The lowest BCUT2D eigenvalue weighted by Crippen LogP contribution is -2.51. The highest BCUT2D eigenvalue weighted by molar-refractivity contribution is 5.96. The van der Waals surface area contributed by atoms with Crippen LogP contribution < -0.4 is 4.74 Å². The third-order valence-corrected chi connectivity index (χ3v) is 5.41. The SMILES string of the molecule is COc1cccc(CC(=O)N2CCN(C(=O)c3cc(C)n(C)c3C)CC2)c1. The van der Waals surface area contributed by atoms with Crippen molar-refractivity contribution in [3.8, 4) is 5.75 Å². The summed E-state index contributed by atoms with van der Waals surface area (Å²) in [5, 5.41) is 0. The number of nitrogens with zero attached hydrogens (tertiary/aromatic N) is 3. The van der Waals surface area contributed by atoms with E-state index in [9.17, 15) is 9.59 Å². The van der Waals surface area contributed by atoms with Crippen molar-refractivity contribution in [1.29, 1.82) is 0 Å². The molecule has 0 spiro atoms. The van der Waals surface area contributed by atoms with Crippen LogP contribution in [-0.4, -0.2) is 59.5 Å². The van der Waals surface area contributed by atoms with Crippen molar-refractivity contribution in [2.75, 3.05) is 33.3 Å². The Kier molecular flexibility index (Phi) is 5.54. The zero-order chi connectivity index (χ0) is 19.6. The smallest absolute Gasteiger partial charge is 0.255 e. The van der Waals surface area contributed by atoms with Gasteiger partial charge in [-0.2, -0.15) is 0 Å². The summed E-state index contributed by atoms with van der Waals surface area (Å²) in [5.41, 5.74) is 3.75. The minimum absolute atomic E-state index is 0.0519. The van der Waals surface area contributed by atoms with Gasteiger partial charge in [-0.1, -0.05) is 12.1 Å². The first-order valence-corrected chi connectivity index (χ1v) is 9.23. The van der Waals surface area contributed by atoms with Gasteiger partial charge in [0.25, 0.3) is 5.91 Å². The maximum absolute atomic E-state index is 12.8. The first-order chi connectivity index (χ1) is 12.9. The minimum atomic E-state index is 0.0519. The molecule has 1 fully saturated rings. The van der Waals surface area contributed by atoms with Crippen LogP contribution in [0.25, 0.3) is 0 Å². The van der Waals surface area contributed by atoms with Gasteiger partial charge in [0.1, 0.15) is 5.75 Å². The molecule has 6 nitrogen and oxygen atoms in total. The number of aryl methyl sites for hydroxylation is 1. The van der Waals surface area contributed by atoms with Crippen molar-refractivity contribution in [2.24, 2.45) is 7.05 Å². The molecule has 1 aliphatic rings. The van der Waals surface area contributed by atoms with Crippen molar-refractivity contribution in [3.05, 3.63) is 52.8 Å². The van der Waals surface area contributed by atoms with Gasteiger partial charge in [-0.3, -0.25) is 9.59 Å². The second kappa shape index (κ2) is 7.86. The number of amides is 2. The second-order valence-electron chi connectivity index (χ2n) is 7.05. The van der Waals surface area contributed by atoms with Gasteiger partial charge in [0.2, 0.25) is 5.91 Å². The summed E-state index contributed by atoms with van der Waals surface area (Å²) in [5.74, 6) is 0.891. The van der Waals surface area contributed by atoms with E-state index in [1.165, 1.54) is 0 Å². The largest absolute Gasteiger partial charge is 0.497 e. The van der Waals surface area contributed by atoms with E-state index in [1.807, 2.05) is 65.6 Å². The molecule has 0 atom stereocenters. The highest BCUT2D eigenvalue weighted by Gasteiger charge is 2.26. The lowest BCUT2D eigenvalue weighted by molar-refractivity contribution is -0.131. The van der Waals surface area contributed by atoms with Crippen LogP contribution in [0, 0.1) is 13.8 Å². The van der Waals surface area contributed by atoms with E-state index in [2.05, 4.69) is 0 Å². The first kappa shape index (κ1) is 19.0. The Bertz CT molecular complexity index is 848. The van der Waals surface area contributed by atoms with E-state index in [4.69, 9.17) is 4.74 Å². The van der Waals surface area contributed by atoms with Gasteiger partial charge in [-0.25, -0.2) is 0 Å². The molecule has 0 aliphatic carbocycles. The summed E-state index contributed by atoms with van der Waals surface area (Å²) in [6.07, 6.45) is 0.349. The normalized spacial score (nSPS) is 14.4. The average molecular weight is 369 g/mol. The van der Waals surface area contributed by atoms with Gasteiger partial charge in [-0.15, -0.1) is 0 Å². The van der Waals surface area contributed by atoms with Crippen molar-refractivity contribution in [2.45, 2.75) is 20.3 Å². The fraction of sp³-hybridized carbons (Fsp3) is 0.429. The Hall–Kier alpha value is -2.76. The van der Waals surface area contributed by atoms with Crippen LogP contribution in [0.15, 0.2) is 30.3 Å². The Labute approximate surface area is 160 Å². The Morgan fingerprint density at radius 1 is 1.04 bits per heavy atom. The zero-order valence-electron chi connectivity index (χ0n) is 16.5. The Morgan fingerprint density at radius 2 is 1.70 bits per heavy atom. The molecule has 0 bridgehead atoms. The molecule has 0 N–H and O–H groups in total. The number of carbonyl (C=O) groups is 2. The second-order valence-corrected chi connectivity index (χ2v) is 7.05. The van der Waals surface area contributed by atoms with E-state index in [0.29, 0.717) is 32.6 Å². The highest BCUT2D eigenvalue weighted by atomic mass is 16.5. The number of benzene rings is 1. The van der Waals surface area contributed by atoms with E-state index < -0.39 is 0 Å². The summed E-state index contributed by atoms with van der Waals surface area (Å²) in [7, 11) is 3.59. The predicted octanol–water partition coefficient (Wildman–Crippen LogP) is 2.18. The predicted molar refractivity (Wildman–Crippen MR) is 104 cm³/mol. The number of carbonyl (C=O) groups excluding carboxylic acids is 2. The van der Waals surface area contributed by atoms with Gasteiger partial charge < -0.3 is 19.1 Å². The van der Waals surface area contributed by atoms with Crippen LogP contribution in [0.5, 0.6) is 5.75 Å². The molecule has 144 valence electrons. The molecule has 27 heavy (non-hydrogen) atoms. The number of hydrogen-bond donors (Lipinski definition) is 0. The van der Waals surface area contributed by atoms with Crippen molar-refractivity contribution < 1.29 is 14.3 Å². The maximum Gasteiger partial charge on any atom is 0.255 e. The summed E-state index contributed by atoms with van der Waals surface area (Å²) < 4.78 is 7.24. The van der Waals surface area contributed by atoms with Crippen LogP contribution >= 0.6 is 0 Å². The van der Waals surface area contributed by atoms with Crippen LogP contribution in [0.1, 0.15) is 27.3 Å². The van der Waals surface area contributed by atoms with E-state index in [0.717, 1.165) is 28.3 Å². The van der Waals surface area contributed by atoms with Gasteiger partial charge in [0.05, 0.1) is 19.1 Å². The standard InChI is InChI=1S/C21H27N3O3/c1-15-12-19(16(2)22(15)3)21(26)24-10-8-23(9-11-24)20(25)14-17-6-5-7-18(13-17)27-4/h5-7,12-13H,8-11,14H2,1-4H3.